The second-order valence-corrected chi connectivity index (χ2v) is 8.21. The largest absolute Gasteiger partial charge is 0.326 e. The molecule has 4 nitrogen and oxygen atoms in total. The number of hydrogen-bond donors (Lipinski definition) is 2. The van der Waals surface area contributed by atoms with Gasteiger partial charge in [0.15, 0.2) is 0 Å². The molecule has 3 N–H and O–H groups in total. The number of hydrogen-bond acceptors (Lipinski definition) is 4. The first-order valence-corrected chi connectivity index (χ1v) is 9.01. The van der Waals surface area contributed by atoms with Crippen LogP contribution in [0.3, 0.4) is 0 Å². The molecule has 2 aromatic rings. The van der Waals surface area contributed by atoms with Crippen molar-refractivity contribution in [3.05, 3.63) is 51.9 Å². The molecule has 0 radical (unpaired) electrons. The van der Waals surface area contributed by atoms with Crippen LogP contribution in [0.4, 0.5) is 0 Å². The second kappa shape index (κ2) is 6.27. The fraction of sp³-hybridized carbons (Fsp3) is 0.333. The van der Waals surface area contributed by atoms with Crippen LogP contribution >= 0.6 is 11.3 Å². The van der Waals surface area contributed by atoms with Crippen LogP contribution < -0.4 is 10.5 Å². The van der Waals surface area contributed by atoms with Crippen molar-refractivity contribution >= 4 is 21.4 Å². The summed E-state index contributed by atoms with van der Waals surface area (Å²) in [5.41, 5.74) is 8.62. The van der Waals surface area contributed by atoms with Crippen LogP contribution in [0, 0.1) is 13.8 Å². The number of rotatable bonds is 5. The van der Waals surface area contributed by atoms with Gasteiger partial charge in [-0.2, -0.15) is 0 Å². The number of benzene rings is 1. The molecule has 1 aromatic heterocycles. The van der Waals surface area contributed by atoms with Crippen molar-refractivity contribution in [3.63, 3.8) is 0 Å². The Bertz CT molecular complexity index is 719. The van der Waals surface area contributed by atoms with Crippen LogP contribution in [0.15, 0.2) is 34.5 Å². The first-order chi connectivity index (χ1) is 9.83. The van der Waals surface area contributed by atoms with Gasteiger partial charge in [0.05, 0.1) is 0 Å². The van der Waals surface area contributed by atoms with Gasteiger partial charge < -0.3 is 5.73 Å². The molecular formula is C15H20N2O2S2. The summed E-state index contributed by atoms with van der Waals surface area (Å²) in [6, 6.07) is 9.22. The fourth-order valence-electron chi connectivity index (χ4n) is 2.04. The Labute approximate surface area is 130 Å². The summed E-state index contributed by atoms with van der Waals surface area (Å²) in [7, 11) is -3.52. The van der Waals surface area contributed by atoms with Crippen LogP contribution in [0.1, 0.15) is 34.5 Å². The minimum absolute atomic E-state index is 0.278. The highest BCUT2D eigenvalue weighted by Crippen LogP contribution is 2.27. The van der Waals surface area contributed by atoms with E-state index in [9.17, 15) is 8.42 Å². The lowest BCUT2D eigenvalue weighted by Gasteiger charge is -2.14. The van der Waals surface area contributed by atoms with E-state index in [4.69, 9.17) is 5.73 Å². The molecule has 0 spiro atoms. The maximum atomic E-state index is 12.4. The summed E-state index contributed by atoms with van der Waals surface area (Å²) in [6.45, 7) is 6.08. The van der Waals surface area contributed by atoms with E-state index in [1.807, 2.05) is 45.0 Å². The molecule has 6 heteroatoms. The highest BCUT2D eigenvalue weighted by Gasteiger charge is 2.21. The lowest BCUT2D eigenvalue weighted by Crippen LogP contribution is -2.26. The van der Waals surface area contributed by atoms with E-state index in [1.54, 1.807) is 6.07 Å². The van der Waals surface area contributed by atoms with Gasteiger partial charge in [0, 0.05) is 17.5 Å². The Kier molecular flexibility index (Phi) is 4.83. The third-order valence-corrected chi connectivity index (χ3v) is 6.63. The number of sulfonamides is 1. The number of thiophene rings is 1. The topological polar surface area (TPSA) is 72.2 Å². The van der Waals surface area contributed by atoms with Crippen LogP contribution in [0.2, 0.25) is 0 Å². The molecule has 114 valence electrons. The molecular weight excluding hydrogens is 304 g/mol. The highest BCUT2D eigenvalue weighted by atomic mass is 32.2. The highest BCUT2D eigenvalue weighted by molar-refractivity contribution is 7.91. The molecule has 1 atom stereocenters. The summed E-state index contributed by atoms with van der Waals surface area (Å²) >= 11 is 1.23. The fourth-order valence-corrected chi connectivity index (χ4v) is 4.75. The second-order valence-electron chi connectivity index (χ2n) is 5.13. The third kappa shape index (κ3) is 3.71. The summed E-state index contributed by atoms with van der Waals surface area (Å²) in [6.07, 6.45) is 0. The predicted molar refractivity (Wildman–Crippen MR) is 86.9 cm³/mol. The average molecular weight is 324 g/mol. The summed E-state index contributed by atoms with van der Waals surface area (Å²) < 4.78 is 27.9. The number of nitrogens with one attached hydrogen (secondary N) is 1. The SMILES string of the molecule is Cc1ccc(C(C)NS(=O)(=O)c2cc(C)c(CN)s2)cc1. The summed E-state index contributed by atoms with van der Waals surface area (Å²) in [5.74, 6) is 0. The molecule has 0 fully saturated rings. The molecule has 0 aliphatic heterocycles. The van der Waals surface area contributed by atoms with E-state index in [2.05, 4.69) is 4.72 Å². The van der Waals surface area contributed by atoms with Gasteiger partial charge in [-0.1, -0.05) is 29.8 Å². The van der Waals surface area contributed by atoms with Gasteiger partial charge in [0.1, 0.15) is 4.21 Å². The Hall–Kier alpha value is -1.21. The lowest BCUT2D eigenvalue weighted by molar-refractivity contribution is 0.569. The van der Waals surface area contributed by atoms with Crippen molar-refractivity contribution in [1.29, 1.82) is 0 Å². The maximum absolute atomic E-state index is 12.4. The smallest absolute Gasteiger partial charge is 0.250 e. The lowest BCUT2D eigenvalue weighted by atomic mass is 10.1. The molecule has 1 heterocycles. The number of aryl methyl sites for hydroxylation is 2. The van der Waals surface area contributed by atoms with Crippen molar-refractivity contribution < 1.29 is 8.42 Å². The zero-order valence-electron chi connectivity index (χ0n) is 12.4. The first kappa shape index (κ1) is 16.2. The molecule has 1 aromatic carbocycles. The van der Waals surface area contributed by atoms with Gasteiger partial charge in [-0.25, -0.2) is 13.1 Å². The quantitative estimate of drug-likeness (QED) is 0.888. The van der Waals surface area contributed by atoms with Crippen molar-refractivity contribution in [2.75, 3.05) is 0 Å². The minimum Gasteiger partial charge on any atom is -0.326 e. The molecule has 0 saturated heterocycles. The van der Waals surface area contributed by atoms with Crippen molar-refractivity contribution in [2.45, 2.75) is 37.6 Å². The van der Waals surface area contributed by atoms with E-state index < -0.39 is 10.0 Å². The Balaban J connectivity index is 2.22. The van der Waals surface area contributed by atoms with Crippen LogP contribution in [0.25, 0.3) is 0 Å². The first-order valence-electron chi connectivity index (χ1n) is 6.72. The van der Waals surface area contributed by atoms with Gasteiger partial charge in [0.25, 0.3) is 10.0 Å². The monoisotopic (exact) mass is 324 g/mol. The summed E-state index contributed by atoms with van der Waals surface area (Å²) in [4.78, 5) is 0.901. The maximum Gasteiger partial charge on any atom is 0.250 e. The van der Waals surface area contributed by atoms with Gasteiger partial charge in [-0.05, 0) is 38.0 Å². The summed E-state index contributed by atoms with van der Waals surface area (Å²) in [5, 5.41) is 0. The molecule has 21 heavy (non-hydrogen) atoms. The molecule has 0 aliphatic rings. The Morgan fingerprint density at radius 1 is 1.24 bits per heavy atom. The molecule has 0 amide bonds. The average Bonchev–Trinajstić information content (AvgIpc) is 2.81. The molecule has 0 aliphatic carbocycles. The third-order valence-electron chi connectivity index (χ3n) is 3.36. The van der Waals surface area contributed by atoms with E-state index >= 15 is 0 Å². The predicted octanol–water partition coefficient (Wildman–Crippen LogP) is 2.86. The van der Waals surface area contributed by atoms with E-state index in [1.165, 1.54) is 11.3 Å². The standard InChI is InChI=1S/C15H20N2O2S2/c1-10-4-6-13(7-5-10)12(3)17-21(18,19)15-8-11(2)14(9-16)20-15/h4-8,12,17H,9,16H2,1-3H3. The Morgan fingerprint density at radius 3 is 2.38 bits per heavy atom. The van der Waals surface area contributed by atoms with E-state index in [0.29, 0.717) is 10.8 Å². The van der Waals surface area contributed by atoms with Gasteiger partial charge >= 0.3 is 0 Å². The zero-order valence-corrected chi connectivity index (χ0v) is 14.0. The normalized spacial score (nSPS) is 13.3. The van der Waals surface area contributed by atoms with E-state index in [0.717, 1.165) is 21.6 Å². The molecule has 0 saturated carbocycles. The zero-order chi connectivity index (χ0) is 15.6. The van der Waals surface area contributed by atoms with Gasteiger partial charge in [-0.15, -0.1) is 11.3 Å². The van der Waals surface area contributed by atoms with Crippen LogP contribution in [0.5, 0.6) is 0 Å². The van der Waals surface area contributed by atoms with Crippen molar-refractivity contribution in [2.24, 2.45) is 5.73 Å². The minimum atomic E-state index is -3.52. The molecule has 1 unspecified atom stereocenters. The van der Waals surface area contributed by atoms with Crippen LogP contribution in [-0.2, 0) is 16.6 Å². The Morgan fingerprint density at radius 2 is 1.86 bits per heavy atom. The molecule has 0 bridgehead atoms. The van der Waals surface area contributed by atoms with Gasteiger partial charge in [0.2, 0.25) is 0 Å². The number of nitrogens with two attached hydrogens (primary N) is 1. The van der Waals surface area contributed by atoms with Crippen molar-refractivity contribution in [1.82, 2.24) is 4.72 Å². The van der Waals surface area contributed by atoms with Crippen molar-refractivity contribution in [3.8, 4) is 0 Å². The van der Waals surface area contributed by atoms with E-state index in [-0.39, 0.29) is 6.04 Å². The van der Waals surface area contributed by atoms with Crippen LogP contribution in [-0.4, -0.2) is 8.42 Å². The molecule has 2 rings (SSSR count). The van der Waals surface area contributed by atoms with Gasteiger partial charge in [-0.3, -0.25) is 0 Å².